The molecule has 2 rings (SSSR count). The van der Waals surface area contributed by atoms with Gasteiger partial charge in [0.25, 0.3) is 0 Å². The maximum atomic E-state index is 12.6. The molecule has 6 nitrogen and oxygen atoms in total. The molecule has 0 aliphatic rings. The molecule has 6 heteroatoms. The molecule has 0 aliphatic carbocycles. The van der Waals surface area contributed by atoms with Gasteiger partial charge < -0.3 is 10.5 Å². The summed E-state index contributed by atoms with van der Waals surface area (Å²) < 4.78 is 4.68. The molecular formula is C15H15N3O3. The van der Waals surface area contributed by atoms with Crippen molar-refractivity contribution in [2.24, 2.45) is 5.73 Å². The van der Waals surface area contributed by atoms with E-state index < -0.39 is 11.5 Å². The van der Waals surface area contributed by atoms with Crippen molar-refractivity contribution in [1.29, 1.82) is 0 Å². The molecule has 2 heterocycles. The third kappa shape index (κ3) is 3.22. The van der Waals surface area contributed by atoms with E-state index in [-0.39, 0.29) is 17.2 Å². The van der Waals surface area contributed by atoms with Gasteiger partial charge in [-0.25, -0.2) is 9.78 Å². The van der Waals surface area contributed by atoms with Gasteiger partial charge in [0.15, 0.2) is 11.5 Å². The molecule has 0 atom stereocenters. The number of rotatable bonds is 4. The molecule has 0 bridgehead atoms. The van der Waals surface area contributed by atoms with Gasteiger partial charge in [0.1, 0.15) is 5.69 Å². The average molecular weight is 285 g/mol. The van der Waals surface area contributed by atoms with E-state index in [0.717, 1.165) is 5.56 Å². The molecule has 0 aromatic carbocycles. The van der Waals surface area contributed by atoms with E-state index >= 15 is 0 Å². The van der Waals surface area contributed by atoms with E-state index in [9.17, 15) is 9.59 Å². The number of ether oxygens (including phenoxy) is 1. The predicted molar refractivity (Wildman–Crippen MR) is 76.0 cm³/mol. The molecule has 0 spiro atoms. The van der Waals surface area contributed by atoms with E-state index in [1.54, 1.807) is 24.5 Å². The van der Waals surface area contributed by atoms with Crippen molar-refractivity contribution in [2.45, 2.75) is 19.3 Å². The Morgan fingerprint density at radius 3 is 2.33 bits per heavy atom. The number of hydrogen-bond acceptors (Lipinski definition) is 5. The Morgan fingerprint density at radius 1 is 1.14 bits per heavy atom. The highest BCUT2D eigenvalue weighted by Crippen LogP contribution is 2.27. The summed E-state index contributed by atoms with van der Waals surface area (Å²) in [5, 5.41) is 0. The van der Waals surface area contributed by atoms with Gasteiger partial charge in [-0.05, 0) is 43.7 Å². The number of primary amides is 1. The fraction of sp³-hybridized carbons (Fsp3) is 0.200. The number of ketones is 1. The molecule has 0 saturated heterocycles. The highest BCUT2D eigenvalue weighted by Gasteiger charge is 2.31. The third-order valence-corrected chi connectivity index (χ3v) is 3.16. The first-order valence-corrected chi connectivity index (χ1v) is 6.30. The van der Waals surface area contributed by atoms with E-state index in [1.165, 1.54) is 18.3 Å². The van der Waals surface area contributed by atoms with Crippen molar-refractivity contribution >= 4 is 11.9 Å². The molecule has 108 valence electrons. The summed E-state index contributed by atoms with van der Waals surface area (Å²) in [5.41, 5.74) is 5.31. The lowest BCUT2D eigenvalue weighted by molar-refractivity contribution is 0.0903. The average Bonchev–Trinajstić information content (AvgIpc) is 2.47. The minimum Gasteiger partial charge on any atom is -0.409 e. The number of hydrogen-bond donors (Lipinski definition) is 1. The zero-order chi connectivity index (χ0) is 15.5. The Labute approximate surface area is 122 Å². The fourth-order valence-corrected chi connectivity index (χ4v) is 1.91. The lowest BCUT2D eigenvalue weighted by atomic mass is 9.80. The minimum absolute atomic E-state index is 0.140. The van der Waals surface area contributed by atoms with Crippen LogP contribution in [0, 0.1) is 0 Å². The normalized spacial score (nSPS) is 11.0. The summed E-state index contributed by atoms with van der Waals surface area (Å²) in [6, 6.07) is 6.57. The van der Waals surface area contributed by atoms with Crippen LogP contribution in [0.15, 0.2) is 42.9 Å². The number of Topliss-reactive ketones (excluding diaryl/α,β-unsaturated/α-hetero) is 1. The summed E-state index contributed by atoms with van der Waals surface area (Å²) in [6.07, 6.45) is 3.65. The number of amides is 1. The topological polar surface area (TPSA) is 95.2 Å². The number of nitrogens with zero attached hydrogens (tertiary/aromatic N) is 2. The number of pyridine rings is 2. The summed E-state index contributed by atoms with van der Waals surface area (Å²) in [7, 11) is 0. The fourth-order valence-electron chi connectivity index (χ4n) is 1.91. The van der Waals surface area contributed by atoms with E-state index in [1.807, 2.05) is 13.8 Å². The van der Waals surface area contributed by atoms with E-state index in [0.29, 0.717) is 0 Å². The lowest BCUT2D eigenvalue weighted by Gasteiger charge is -2.23. The number of carbonyl (C=O) groups is 2. The van der Waals surface area contributed by atoms with Gasteiger partial charge in [0.2, 0.25) is 0 Å². The SMILES string of the molecule is CC(C)(C(=O)c1ccc(OC(N)=O)cn1)c1ccncc1. The van der Waals surface area contributed by atoms with Crippen LogP contribution in [0.1, 0.15) is 29.9 Å². The molecule has 2 N–H and O–H groups in total. The largest absolute Gasteiger partial charge is 0.410 e. The predicted octanol–water partition coefficient (Wildman–Crippen LogP) is 2.09. The first-order chi connectivity index (χ1) is 9.91. The zero-order valence-corrected chi connectivity index (χ0v) is 11.7. The minimum atomic E-state index is -0.923. The van der Waals surface area contributed by atoms with Gasteiger partial charge in [-0.1, -0.05) is 0 Å². The first-order valence-electron chi connectivity index (χ1n) is 6.30. The summed E-state index contributed by atoms with van der Waals surface area (Å²) in [6.45, 7) is 3.64. The van der Waals surface area contributed by atoms with Crippen LogP contribution in [0.3, 0.4) is 0 Å². The van der Waals surface area contributed by atoms with Crippen LogP contribution in [0.25, 0.3) is 0 Å². The Hall–Kier alpha value is -2.76. The van der Waals surface area contributed by atoms with Crippen molar-refractivity contribution in [2.75, 3.05) is 0 Å². The maximum Gasteiger partial charge on any atom is 0.410 e. The van der Waals surface area contributed by atoms with Crippen molar-refractivity contribution in [3.63, 3.8) is 0 Å². The van der Waals surface area contributed by atoms with Crippen LogP contribution < -0.4 is 10.5 Å². The molecule has 0 saturated carbocycles. The summed E-state index contributed by atoms with van der Waals surface area (Å²) in [5.74, 6) is 0.0556. The molecule has 0 unspecified atom stereocenters. The van der Waals surface area contributed by atoms with Gasteiger partial charge in [0, 0.05) is 12.4 Å². The molecule has 0 fully saturated rings. The number of aromatic nitrogens is 2. The Morgan fingerprint density at radius 2 is 1.81 bits per heavy atom. The second-order valence-electron chi connectivity index (χ2n) is 4.99. The molecule has 2 aromatic rings. The molecule has 2 aromatic heterocycles. The van der Waals surface area contributed by atoms with Gasteiger partial charge in [-0.15, -0.1) is 0 Å². The van der Waals surface area contributed by atoms with Gasteiger partial charge in [-0.3, -0.25) is 9.78 Å². The zero-order valence-electron chi connectivity index (χ0n) is 11.7. The van der Waals surface area contributed by atoms with Crippen molar-refractivity contribution < 1.29 is 14.3 Å². The van der Waals surface area contributed by atoms with Gasteiger partial charge >= 0.3 is 6.09 Å². The van der Waals surface area contributed by atoms with E-state index in [2.05, 4.69) is 14.7 Å². The van der Waals surface area contributed by atoms with Crippen LogP contribution in [0.5, 0.6) is 5.75 Å². The molecule has 21 heavy (non-hydrogen) atoms. The summed E-state index contributed by atoms with van der Waals surface area (Å²) >= 11 is 0. The van der Waals surface area contributed by atoms with Crippen molar-refractivity contribution in [1.82, 2.24) is 9.97 Å². The highest BCUT2D eigenvalue weighted by molar-refractivity contribution is 6.02. The standard InChI is InChI=1S/C15H15N3O3/c1-15(2,10-5-7-17-8-6-10)13(19)12-4-3-11(9-18-12)21-14(16)20/h3-9H,1-2H3,(H2,16,20). The van der Waals surface area contributed by atoms with Gasteiger partial charge in [-0.2, -0.15) is 0 Å². The highest BCUT2D eigenvalue weighted by atomic mass is 16.5. The monoisotopic (exact) mass is 285 g/mol. The molecule has 0 aliphatic heterocycles. The third-order valence-electron chi connectivity index (χ3n) is 3.16. The lowest BCUT2D eigenvalue weighted by Crippen LogP contribution is -2.29. The Bertz CT molecular complexity index is 652. The quantitative estimate of drug-likeness (QED) is 0.868. The van der Waals surface area contributed by atoms with Gasteiger partial charge in [0.05, 0.1) is 11.6 Å². The molecule has 0 radical (unpaired) electrons. The van der Waals surface area contributed by atoms with Crippen molar-refractivity contribution in [3.8, 4) is 5.75 Å². The van der Waals surface area contributed by atoms with Crippen LogP contribution in [-0.2, 0) is 5.41 Å². The Balaban J connectivity index is 2.25. The summed E-state index contributed by atoms with van der Waals surface area (Å²) in [4.78, 5) is 31.2. The van der Waals surface area contributed by atoms with Crippen LogP contribution in [0.4, 0.5) is 4.79 Å². The molecule has 1 amide bonds. The second kappa shape index (κ2) is 5.70. The Kier molecular flexibility index (Phi) is 3.98. The smallest absolute Gasteiger partial charge is 0.409 e. The number of nitrogens with two attached hydrogens (primary N) is 1. The van der Waals surface area contributed by atoms with Crippen LogP contribution in [0.2, 0.25) is 0 Å². The van der Waals surface area contributed by atoms with Crippen LogP contribution >= 0.6 is 0 Å². The van der Waals surface area contributed by atoms with Crippen LogP contribution in [-0.4, -0.2) is 21.8 Å². The first kappa shape index (κ1) is 14.6. The second-order valence-corrected chi connectivity index (χ2v) is 4.99. The maximum absolute atomic E-state index is 12.6. The molecular weight excluding hydrogens is 270 g/mol. The van der Waals surface area contributed by atoms with Crippen molar-refractivity contribution in [3.05, 3.63) is 54.1 Å². The van der Waals surface area contributed by atoms with E-state index in [4.69, 9.17) is 5.73 Å². The number of carbonyl (C=O) groups excluding carboxylic acids is 2.